The summed E-state index contributed by atoms with van der Waals surface area (Å²) in [5.74, 6) is -0.610. The number of hydrogen-bond donors (Lipinski definition) is 3. The van der Waals surface area contributed by atoms with E-state index in [1.807, 2.05) is 6.92 Å². The van der Waals surface area contributed by atoms with E-state index in [1.54, 1.807) is 6.07 Å². The van der Waals surface area contributed by atoms with Gasteiger partial charge in [0.15, 0.2) is 0 Å². The van der Waals surface area contributed by atoms with Gasteiger partial charge in [-0.2, -0.15) is 0 Å². The molecule has 0 heterocycles. The third kappa shape index (κ3) is 7.52. The normalized spacial score (nSPS) is 9.67. The van der Waals surface area contributed by atoms with E-state index in [-0.39, 0.29) is 30.8 Å². The average molecular weight is 355 g/mol. The van der Waals surface area contributed by atoms with Crippen LogP contribution in [-0.2, 0) is 4.79 Å². The van der Waals surface area contributed by atoms with Crippen LogP contribution in [-0.4, -0.2) is 38.0 Å². The Morgan fingerprint density at radius 2 is 1.81 bits per heavy atom. The first-order valence-corrected chi connectivity index (χ1v) is 7.01. The first-order chi connectivity index (χ1) is 9.54. The number of likely N-dealkylation sites (N-methyl/N-ethyl adjacent to an activating group) is 1. The van der Waals surface area contributed by atoms with E-state index < -0.39 is 0 Å². The Hall–Kier alpha value is -1.01. The summed E-state index contributed by atoms with van der Waals surface area (Å²) < 4.78 is 0. The summed E-state index contributed by atoms with van der Waals surface area (Å²) in [6.07, 6.45) is 0. The summed E-state index contributed by atoms with van der Waals surface area (Å²) in [5, 5.41) is 8.95. The van der Waals surface area contributed by atoms with Crippen LogP contribution in [0.2, 0.25) is 10.0 Å². The number of hydrogen-bond acceptors (Lipinski definition) is 3. The molecule has 0 fully saturated rings. The molecule has 1 rings (SSSR count). The molecule has 0 unspecified atom stereocenters. The molecule has 0 radical (unpaired) electrons. The van der Waals surface area contributed by atoms with Crippen LogP contribution in [0.5, 0.6) is 0 Å². The molecule has 2 amide bonds. The summed E-state index contributed by atoms with van der Waals surface area (Å²) in [4.78, 5) is 23.2. The van der Waals surface area contributed by atoms with Crippen molar-refractivity contribution in [3.05, 3.63) is 33.8 Å². The molecule has 0 aliphatic carbocycles. The maximum Gasteiger partial charge on any atom is 0.251 e. The number of rotatable bonds is 7. The molecule has 0 atom stereocenters. The van der Waals surface area contributed by atoms with Crippen molar-refractivity contribution in [2.45, 2.75) is 6.92 Å². The Balaban J connectivity index is 0.00000400. The van der Waals surface area contributed by atoms with Crippen LogP contribution in [0.15, 0.2) is 18.2 Å². The van der Waals surface area contributed by atoms with Crippen molar-refractivity contribution in [3.8, 4) is 0 Å². The number of carbonyl (C=O) groups excluding carboxylic acids is 2. The highest BCUT2D eigenvalue weighted by atomic mass is 35.5. The highest BCUT2D eigenvalue weighted by Gasteiger charge is 2.09. The highest BCUT2D eigenvalue weighted by Crippen LogP contribution is 2.22. The number of carbonyl (C=O) groups is 2. The van der Waals surface area contributed by atoms with Gasteiger partial charge in [-0.15, -0.1) is 12.4 Å². The lowest BCUT2D eigenvalue weighted by Crippen LogP contribution is -2.39. The molecule has 0 aromatic heterocycles. The van der Waals surface area contributed by atoms with E-state index in [0.29, 0.717) is 28.7 Å². The Kier molecular flexibility index (Phi) is 10.2. The van der Waals surface area contributed by atoms with Crippen LogP contribution in [0, 0.1) is 0 Å². The lowest BCUT2D eigenvalue weighted by Gasteiger charge is -2.07. The SMILES string of the molecule is CCNCCNC(=O)CNC(=O)c1ccc(Cl)c(Cl)c1.Cl. The first-order valence-electron chi connectivity index (χ1n) is 6.25. The van der Waals surface area contributed by atoms with Crippen LogP contribution in [0.3, 0.4) is 0 Å². The maximum atomic E-state index is 11.8. The van der Waals surface area contributed by atoms with Crippen molar-refractivity contribution in [1.82, 2.24) is 16.0 Å². The van der Waals surface area contributed by atoms with Crippen LogP contribution >= 0.6 is 35.6 Å². The molecular formula is C13H18Cl3N3O2. The van der Waals surface area contributed by atoms with Gasteiger partial charge in [-0.1, -0.05) is 30.1 Å². The third-order valence-corrected chi connectivity index (χ3v) is 3.20. The van der Waals surface area contributed by atoms with Crippen molar-refractivity contribution in [2.75, 3.05) is 26.2 Å². The van der Waals surface area contributed by atoms with Gasteiger partial charge in [0.25, 0.3) is 5.91 Å². The second-order valence-electron chi connectivity index (χ2n) is 4.02. The average Bonchev–Trinajstić information content (AvgIpc) is 2.44. The fourth-order valence-corrected chi connectivity index (χ4v) is 1.73. The minimum Gasteiger partial charge on any atom is -0.353 e. The Labute approximate surface area is 140 Å². The number of halogens is 3. The van der Waals surface area contributed by atoms with E-state index in [2.05, 4.69) is 16.0 Å². The minimum atomic E-state index is -0.370. The molecule has 0 spiro atoms. The highest BCUT2D eigenvalue weighted by molar-refractivity contribution is 6.42. The topological polar surface area (TPSA) is 70.2 Å². The Morgan fingerprint density at radius 1 is 1.10 bits per heavy atom. The third-order valence-electron chi connectivity index (χ3n) is 2.47. The van der Waals surface area contributed by atoms with Crippen molar-refractivity contribution in [3.63, 3.8) is 0 Å². The molecule has 0 aliphatic rings. The maximum absolute atomic E-state index is 11.8. The van der Waals surface area contributed by atoms with Gasteiger partial charge in [0.1, 0.15) is 0 Å². The van der Waals surface area contributed by atoms with Crippen molar-refractivity contribution < 1.29 is 9.59 Å². The predicted octanol–water partition coefficient (Wildman–Crippen LogP) is 1.87. The first kappa shape index (κ1) is 20.0. The molecule has 118 valence electrons. The zero-order valence-corrected chi connectivity index (χ0v) is 13.9. The van der Waals surface area contributed by atoms with E-state index in [1.165, 1.54) is 12.1 Å². The van der Waals surface area contributed by atoms with Gasteiger partial charge in [-0.05, 0) is 24.7 Å². The lowest BCUT2D eigenvalue weighted by atomic mass is 10.2. The standard InChI is InChI=1S/C13H17Cl2N3O2.ClH/c1-2-16-5-6-17-12(19)8-18-13(20)9-3-4-10(14)11(15)7-9;/h3-4,7,16H,2,5-6,8H2,1H3,(H,17,19)(H,18,20);1H. The quantitative estimate of drug-likeness (QED) is 0.655. The number of benzene rings is 1. The molecule has 1 aromatic rings. The van der Waals surface area contributed by atoms with Gasteiger partial charge in [-0.25, -0.2) is 0 Å². The van der Waals surface area contributed by atoms with Crippen LogP contribution in [0.1, 0.15) is 17.3 Å². The van der Waals surface area contributed by atoms with Crippen LogP contribution < -0.4 is 16.0 Å². The second-order valence-corrected chi connectivity index (χ2v) is 4.83. The number of amides is 2. The molecule has 8 heteroatoms. The van der Waals surface area contributed by atoms with Gasteiger partial charge in [-0.3, -0.25) is 9.59 Å². The van der Waals surface area contributed by atoms with E-state index in [9.17, 15) is 9.59 Å². The van der Waals surface area contributed by atoms with Gasteiger partial charge < -0.3 is 16.0 Å². The zero-order valence-electron chi connectivity index (χ0n) is 11.5. The minimum absolute atomic E-state index is 0. The second kappa shape index (κ2) is 10.7. The van der Waals surface area contributed by atoms with Gasteiger partial charge in [0, 0.05) is 18.7 Å². The van der Waals surface area contributed by atoms with Gasteiger partial charge in [0.05, 0.1) is 16.6 Å². The zero-order chi connectivity index (χ0) is 15.0. The van der Waals surface area contributed by atoms with Crippen molar-refractivity contribution in [2.24, 2.45) is 0 Å². The molecule has 0 aliphatic heterocycles. The molecular weight excluding hydrogens is 337 g/mol. The van der Waals surface area contributed by atoms with E-state index in [0.717, 1.165) is 6.54 Å². The van der Waals surface area contributed by atoms with Gasteiger partial charge >= 0.3 is 0 Å². The van der Waals surface area contributed by atoms with Crippen molar-refractivity contribution in [1.29, 1.82) is 0 Å². The summed E-state index contributed by atoms with van der Waals surface area (Å²) in [5.41, 5.74) is 0.361. The smallest absolute Gasteiger partial charge is 0.251 e. The summed E-state index contributed by atoms with van der Waals surface area (Å²) in [6, 6.07) is 4.55. The Morgan fingerprint density at radius 3 is 2.43 bits per heavy atom. The largest absolute Gasteiger partial charge is 0.353 e. The van der Waals surface area contributed by atoms with E-state index >= 15 is 0 Å². The summed E-state index contributed by atoms with van der Waals surface area (Å²) in [6.45, 7) is 3.98. The summed E-state index contributed by atoms with van der Waals surface area (Å²) in [7, 11) is 0. The molecule has 5 nitrogen and oxygen atoms in total. The predicted molar refractivity (Wildman–Crippen MR) is 87.6 cm³/mol. The molecule has 21 heavy (non-hydrogen) atoms. The Bertz CT molecular complexity index is 484. The molecule has 1 aromatic carbocycles. The molecule has 0 bridgehead atoms. The monoisotopic (exact) mass is 353 g/mol. The molecule has 3 N–H and O–H groups in total. The van der Waals surface area contributed by atoms with E-state index in [4.69, 9.17) is 23.2 Å². The fraction of sp³-hybridized carbons (Fsp3) is 0.385. The molecule has 0 saturated carbocycles. The fourth-order valence-electron chi connectivity index (χ4n) is 1.43. The lowest BCUT2D eigenvalue weighted by molar-refractivity contribution is -0.120. The number of nitrogens with one attached hydrogen (secondary N) is 3. The van der Waals surface area contributed by atoms with Crippen LogP contribution in [0.4, 0.5) is 0 Å². The summed E-state index contributed by atoms with van der Waals surface area (Å²) >= 11 is 11.6. The van der Waals surface area contributed by atoms with Crippen LogP contribution in [0.25, 0.3) is 0 Å². The van der Waals surface area contributed by atoms with Gasteiger partial charge in [0.2, 0.25) is 5.91 Å². The van der Waals surface area contributed by atoms with Crippen molar-refractivity contribution >= 4 is 47.4 Å². The molecule has 0 saturated heterocycles.